The van der Waals surface area contributed by atoms with Gasteiger partial charge >= 0.3 is 5.69 Å². The third-order valence-corrected chi connectivity index (χ3v) is 5.24. The molecule has 0 saturated heterocycles. The zero-order chi connectivity index (χ0) is 20.9. The van der Waals surface area contributed by atoms with E-state index in [2.05, 4.69) is 20.2 Å². The van der Waals surface area contributed by atoms with Gasteiger partial charge in [0.15, 0.2) is 10.9 Å². The summed E-state index contributed by atoms with van der Waals surface area (Å²) in [5, 5.41) is 9.04. The van der Waals surface area contributed by atoms with Crippen LogP contribution in [0.15, 0.2) is 81.5 Å². The van der Waals surface area contributed by atoms with Crippen LogP contribution >= 0.6 is 11.8 Å². The number of nitrogens with zero attached hydrogens (tertiary/aromatic N) is 3. The zero-order valence-corrected chi connectivity index (χ0v) is 16.6. The number of para-hydroxylation sites is 1. The molecule has 0 amide bonds. The van der Waals surface area contributed by atoms with Gasteiger partial charge in [-0.25, -0.2) is 4.79 Å². The second kappa shape index (κ2) is 8.75. The first-order valence-electron chi connectivity index (χ1n) is 9.13. The van der Waals surface area contributed by atoms with Gasteiger partial charge in [-0.2, -0.15) is 0 Å². The van der Waals surface area contributed by atoms with Crippen LogP contribution in [0.4, 0.5) is 0 Å². The van der Waals surface area contributed by atoms with Crippen molar-refractivity contribution in [2.24, 2.45) is 0 Å². The predicted molar refractivity (Wildman–Crippen MR) is 113 cm³/mol. The molecule has 0 atom stereocenters. The Kier molecular flexibility index (Phi) is 5.71. The van der Waals surface area contributed by atoms with Crippen LogP contribution in [0.5, 0.6) is 0 Å². The van der Waals surface area contributed by atoms with E-state index >= 15 is 0 Å². The molecule has 0 bridgehead atoms. The van der Waals surface area contributed by atoms with E-state index in [1.807, 2.05) is 53.1 Å². The Labute approximate surface area is 175 Å². The van der Waals surface area contributed by atoms with Gasteiger partial charge in [-0.05, 0) is 12.1 Å². The van der Waals surface area contributed by atoms with Crippen molar-refractivity contribution in [3.63, 3.8) is 0 Å². The van der Waals surface area contributed by atoms with Crippen molar-refractivity contribution in [2.45, 2.75) is 11.6 Å². The lowest BCUT2D eigenvalue weighted by Crippen LogP contribution is -2.23. The summed E-state index contributed by atoms with van der Waals surface area (Å²) in [7, 11) is 0. The first-order chi connectivity index (χ1) is 14.6. The summed E-state index contributed by atoms with van der Waals surface area (Å²) >= 11 is 1.28. The monoisotopic (exact) mass is 419 g/mol. The molecule has 0 saturated carbocycles. The van der Waals surface area contributed by atoms with Gasteiger partial charge in [0.1, 0.15) is 5.82 Å². The predicted octanol–water partition coefficient (Wildman–Crippen LogP) is 2.21. The Balaban J connectivity index is 1.65. The molecule has 2 aromatic carbocycles. The highest BCUT2D eigenvalue weighted by Crippen LogP contribution is 2.23. The molecule has 2 heterocycles. The number of ketones is 1. The fraction of sp³-hybridized carbons (Fsp3) is 0.0952. The molecular weight excluding hydrogens is 402 g/mol. The number of aromatic nitrogens is 5. The van der Waals surface area contributed by atoms with E-state index in [0.29, 0.717) is 22.2 Å². The molecule has 0 aliphatic carbocycles. The van der Waals surface area contributed by atoms with E-state index in [1.165, 1.54) is 17.8 Å². The van der Waals surface area contributed by atoms with Gasteiger partial charge in [0.25, 0.3) is 5.56 Å². The molecule has 150 valence electrons. The molecule has 0 fully saturated rings. The summed E-state index contributed by atoms with van der Waals surface area (Å²) in [5.41, 5.74) is 0.815. The standard InChI is InChI=1S/C21H17N5O3S/c27-17(14-7-3-1-4-8-14)13-30-21-25-24-18(26(21)16-9-5-2-6-10-16)11-15-12-19(28)23-20(29)22-15/h1-10,12H,11,13H2,(H2,22,23,28,29). The molecule has 8 nitrogen and oxygen atoms in total. The largest absolute Gasteiger partial charge is 0.325 e. The Morgan fingerprint density at radius 2 is 1.63 bits per heavy atom. The van der Waals surface area contributed by atoms with Gasteiger partial charge in [-0.3, -0.25) is 19.1 Å². The van der Waals surface area contributed by atoms with Crippen LogP contribution < -0.4 is 11.2 Å². The van der Waals surface area contributed by atoms with Crippen molar-refractivity contribution in [2.75, 3.05) is 5.75 Å². The number of hydrogen-bond donors (Lipinski definition) is 2. The highest BCUT2D eigenvalue weighted by molar-refractivity contribution is 7.99. The fourth-order valence-electron chi connectivity index (χ4n) is 2.97. The minimum absolute atomic E-state index is 0.0105. The number of nitrogens with one attached hydrogen (secondary N) is 2. The third kappa shape index (κ3) is 4.47. The summed E-state index contributed by atoms with van der Waals surface area (Å²) in [6, 6.07) is 19.9. The van der Waals surface area contributed by atoms with Crippen LogP contribution in [-0.4, -0.2) is 36.3 Å². The first kappa shape index (κ1) is 19.6. The van der Waals surface area contributed by atoms with Gasteiger partial charge in [-0.15, -0.1) is 10.2 Å². The second-order valence-electron chi connectivity index (χ2n) is 6.44. The van der Waals surface area contributed by atoms with Crippen molar-refractivity contribution in [1.29, 1.82) is 0 Å². The fourth-order valence-corrected chi connectivity index (χ4v) is 3.83. The smallest absolute Gasteiger partial charge is 0.311 e. The van der Waals surface area contributed by atoms with Crippen LogP contribution in [0.1, 0.15) is 21.9 Å². The molecule has 2 N–H and O–H groups in total. The van der Waals surface area contributed by atoms with E-state index < -0.39 is 11.2 Å². The van der Waals surface area contributed by atoms with Gasteiger partial charge in [0.2, 0.25) is 0 Å². The quantitative estimate of drug-likeness (QED) is 0.351. The van der Waals surface area contributed by atoms with Gasteiger partial charge < -0.3 is 4.98 Å². The maximum absolute atomic E-state index is 12.5. The van der Waals surface area contributed by atoms with Crippen molar-refractivity contribution < 1.29 is 4.79 Å². The van der Waals surface area contributed by atoms with E-state index in [-0.39, 0.29) is 18.0 Å². The topological polar surface area (TPSA) is 114 Å². The van der Waals surface area contributed by atoms with Crippen LogP contribution in [0.3, 0.4) is 0 Å². The number of H-pyrrole nitrogens is 2. The van der Waals surface area contributed by atoms with Gasteiger partial charge in [0, 0.05) is 29.4 Å². The molecule has 0 unspecified atom stereocenters. The van der Waals surface area contributed by atoms with Gasteiger partial charge in [-0.1, -0.05) is 60.3 Å². The van der Waals surface area contributed by atoms with Gasteiger partial charge in [0.05, 0.1) is 5.75 Å². The maximum Gasteiger partial charge on any atom is 0.325 e. The Hall–Kier alpha value is -3.72. The lowest BCUT2D eigenvalue weighted by atomic mass is 10.2. The van der Waals surface area contributed by atoms with Crippen molar-refractivity contribution in [3.8, 4) is 5.69 Å². The summed E-state index contributed by atoms with van der Waals surface area (Å²) in [6.45, 7) is 0. The molecule has 2 aromatic heterocycles. The Morgan fingerprint density at radius 3 is 2.33 bits per heavy atom. The average Bonchev–Trinajstić information content (AvgIpc) is 3.14. The van der Waals surface area contributed by atoms with Crippen molar-refractivity contribution in [1.82, 2.24) is 24.7 Å². The lowest BCUT2D eigenvalue weighted by Gasteiger charge is -2.10. The number of aromatic amines is 2. The number of carbonyl (C=O) groups is 1. The number of Topliss-reactive ketones (excluding diaryl/α,β-unsaturated/α-hetero) is 1. The molecule has 0 aliphatic heterocycles. The zero-order valence-electron chi connectivity index (χ0n) is 15.7. The summed E-state index contributed by atoms with van der Waals surface area (Å²) < 4.78 is 1.82. The Morgan fingerprint density at radius 1 is 0.933 bits per heavy atom. The molecule has 0 spiro atoms. The van der Waals surface area contributed by atoms with Crippen LogP contribution in [0.25, 0.3) is 5.69 Å². The molecule has 4 aromatic rings. The molecule has 30 heavy (non-hydrogen) atoms. The van der Waals surface area contributed by atoms with Crippen LogP contribution in [-0.2, 0) is 6.42 Å². The highest BCUT2D eigenvalue weighted by Gasteiger charge is 2.17. The average molecular weight is 419 g/mol. The molecule has 9 heteroatoms. The lowest BCUT2D eigenvalue weighted by molar-refractivity contribution is 0.102. The van der Waals surface area contributed by atoms with E-state index in [1.54, 1.807) is 12.1 Å². The molecule has 4 rings (SSSR count). The Bertz CT molecular complexity index is 1250. The minimum atomic E-state index is -0.577. The third-order valence-electron chi connectivity index (χ3n) is 4.31. The second-order valence-corrected chi connectivity index (χ2v) is 7.38. The maximum atomic E-state index is 12.5. The van der Waals surface area contributed by atoms with Crippen LogP contribution in [0, 0.1) is 0 Å². The highest BCUT2D eigenvalue weighted by atomic mass is 32.2. The van der Waals surface area contributed by atoms with Crippen molar-refractivity contribution in [3.05, 3.63) is 105 Å². The SMILES string of the molecule is O=C(CSc1nnc(Cc2cc(=O)[nH]c(=O)[nH]2)n1-c1ccccc1)c1ccccc1. The summed E-state index contributed by atoms with van der Waals surface area (Å²) in [5.74, 6) is 0.734. The summed E-state index contributed by atoms with van der Waals surface area (Å²) in [4.78, 5) is 40.4. The number of carbonyl (C=O) groups excluding carboxylic acids is 1. The van der Waals surface area contributed by atoms with Crippen molar-refractivity contribution >= 4 is 17.5 Å². The van der Waals surface area contributed by atoms with E-state index in [9.17, 15) is 14.4 Å². The number of hydrogen-bond acceptors (Lipinski definition) is 6. The summed E-state index contributed by atoms with van der Waals surface area (Å²) in [6.07, 6.45) is 0.203. The minimum Gasteiger partial charge on any atom is -0.311 e. The van der Waals surface area contributed by atoms with E-state index in [4.69, 9.17) is 0 Å². The number of rotatable bonds is 7. The first-order valence-corrected chi connectivity index (χ1v) is 10.1. The van der Waals surface area contributed by atoms with Crippen LogP contribution in [0.2, 0.25) is 0 Å². The molecule has 0 radical (unpaired) electrons. The number of thioether (sulfide) groups is 1. The normalized spacial score (nSPS) is 10.8. The number of benzene rings is 2. The molecular formula is C21H17N5O3S. The van der Waals surface area contributed by atoms with E-state index in [0.717, 1.165) is 5.69 Å². The molecule has 0 aliphatic rings.